The number of ether oxygens (including phenoxy) is 2. The first-order valence-corrected chi connectivity index (χ1v) is 12.3. The lowest BCUT2D eigenvalue weighted by atomic mass is 9.85. The molecule has 0 N–H and O–H groups in total. The number of alkyl halides is 25. The van der Waals surface area contributed by atoms with E-state index in [1.54, 1.807) is 0 Å². The lowest BCUT2D eigenvalue weighted by Gasteiger charge is -2.45. The van der Waals surface area contributed by atoms with Crippen molar-refractivity contribution < 1.29 is 124 Å². The average molecular weight is 812 g/mol. The van der Waals surface area contributed by atoms with Gasteiger partial charge in [0.2, 0.25) is 0 Å². The first-order chi connectivity index (χ1) is 22.1. The second-order valence-corrected chi connectivity index (χ2v) is 10.1. The first-order valence-electron chi connectivity index (χ1n) is 12.3. The summed E-state index contributed by atoms with van der Waals surface area (Å²) in [6.45, 7) is 2.73. The first kappa shape index (κ1) is 45.8. The van der Waals surface area contributed by atoms with E-state index in [2.05, 4.69) is 9.47 Å². The van der Waals surface area contributed by atoms with Gasteiger partial charge in [0.15, 0.2) is 0 Å². The zero-order chi connectivity index (χ0) is 41.3. The average Bonchev–Trinajstić information content (AvgIpc) is 2.95. The number of hydrogen-bond acceptors (Lipinski definition) is 3. The number of halogens is 25. The lowest BCUT2D eigenvalue weighted by molar-refractivity contribution is -0.486. The Balaban J connectivity index is 3.70. The van der Waals surface area contributed by atoms with Crippen LogP contribution in [0.25, 0.3) is 0 Å². The van der Waals surface area contributed by atoms with Gasteiger partial charge in [0.05, 0.1) is 5.92 Å². The van der Waals surface area contributed by atoms with Gasteiger partial charge in [-0.15, -0.1) is 0 Å². The predicted octanol–water partition coefficient (Wildman–Crippen LogP) is 10.5. The molecule has 0 heterocycles. The van der Waals surface area contributed by atoms with Crippen LogP contribution in [0.4, 0.5) is 110 Å². The molecule has 0 spiro atoms. The van der Waals surface area contributed by atoms with E-state index in [1.807, 2.05) is 0 Å². The van der Waals surface area contributed by atoms with Crippen LogP contribution in [0.1, 0.15) is 20.3 Å². The highest BCUT2D eigenvalue weighted by Gasteiger charge is 2.99. The summed E-state index contributed by atoms with van der Waals surface area (Å²) in [6, 6.07) is 0.612. The minimum atomic E-state index is -9.66. The van der Waals surface area contributed by atoms with Gasteiger partial charge in [-0.3, -0.25) is 4.79 Å². The summed E-state index contributed by atoms with van der Waals surface area (Å²) in [5.41, 5.74) is 0. The normalized spacial score (nSPS) is 16.2. The molecule has 0 saturated heterocycles. The van der Waals surface area contributed by atoms with E-state index in [9.17, 15) is 115 Å². The number of carbonyl (C=O) groups excluding carboxylic acids is 1. The molecule has 1 unspecified atom stereocenters. The van der Waals surface area contributed by atoms with Crippen molar-refractivity contribution in [2.75, 3.05) is 0 Å². The largest absolute Gasteiger partial charge is 0.471 e. The zero-order valence-corrected chi connectivity index (χ0v) is 23.8. The van der Waals surface area contributed by atoms with Crippen molar-refractivity contribution in [1.82, 2.24) is 0 Å². The van der Waals surface area contributed by atoms with Crippen LogP contribution >= 0.6 is 0 Å². The summed E-state index contributed by atoms with van der Waals surface area (Å²) in [5, 5.41) is 0. The van der Waals surface area contributed by atoms with Gasteiger partial charge in [0.1, 0.15) is 11.5 Å². The van der Waals surface area contributed by atoms with Gasteiger partial charge >= 0.3 is 77.5 Å². The van der Waals surface area contributed by atoms with Crippen LogP contribution in [-0.2, 0) is 4.79 Å². The highest BCUT2D eigenvalue weighted by molar-refractivity contribution is 5.74. The quantitative estimate of drug-likeness (QED) is 0.101. The van der Waals surface area contributed by atoms with Crippen LogP contribution in [0.5, 0.6) is 11.5 Å². The van der Waals surface area contributed by atoms with E-state index in [0.717, 1.165) is 0 Å². The molecule has 0 saturated carbocycles. The minimum Gasteiger partial charge on any atom is -0.428 e. The van der Waals surface area contributed by atoms with Gasteiger partial charge in [0, 0.05) is 0 Å². The summed E-state index contributed by atoms with van der Waals surface area (Å²) in [5.74, 6) is -96.9. The minimum absolute atomic E-state index is 0.0246. The molecule has 0 amide bonds. The fourth-order valence-electron chi connectivity index (χ4n) is 3.11. The monoisotopic (exact) mass is 812 g/mol. The number of esters is 1. The van der Waals surface area contributed by atoms with Crippen LogP contribution in [0, 0.1) is 5.92 Å². The topological polar surface area (TPSA) is 35.5 Å². The van der Waals surface area contributed by atoms with Crippen molar-refractivity contribution in [3.8, 4) is 11.5 Å². The van der Waals surface area contributed by atoms with E-state index in [4.69, 9.17) is 0 Å². The van der Waals surface area contributed by atoms with E-state index in [-0.39, 0.29) is 18.6 Å². The Hall–Kier alpha value is -3.26. The van der Waals surface area contributed by atoms with E-state index >= 15 is 0 Å². The third-order valence-corrected chi connectivity index (χ3v) is 6.57. The predicted molar refractivity (Wildman–Crippen MR) is 113 cm³/mol. The van der Waals surface area contributed by atoms with Crippen molar-refractivity contribution in [1.29, 1.82) is 0 Å². The van der Waals surface area contributed by atoms with Gasteiger partial charge in [-0.05, 0) is 30.7 Å². The SMILES string of the molecule is CCC(C)C(=O)Oc1ccc(OC(F)(F)C(F)(F)C(F)(F)C(F)(F)C(F)(F)C(F)(F)C(F)(F)C(F)(F)C(F)(F)C(F)(F)C(F)(F)C(F)(F)F)cc1. The Morgan fingerprint density at radius 1 is 0.471 bits per heavy atom. The number of benzene rings is 1. The summed E-state index contributed by atoms with van der Waals surface area (Å²) in [7, 11) is 0. The standard InChI is InChI=1S/C23H13F25O3/c1-3-8(2)11(49)50-9-4-6-10(7-5-9)51-23(47,48)21(42,43)19(38,39)17(34,35)15(30,31)13(26,27)12(24,25)14(28,29)16(32,33)18(36,37)20(40,41)22(44,45)46/h4-8H,3H2,1-2H3. The van der Waals surface area contributed by atoms with E-state index in [1.165, 1.54) is 13.8 Å². The molecular weight excluding hydrogens is 799 g/mol. The maximum atomic E-state index is 14.1. The van der Waals surface area contributed by atoms with Crippen LogP contribution in [-0.4, -0.2) is 77.5 Å². The zero-order valence-electron chi connectivity index (χ0n) is 23.8. The summed E-state index contributed by atoms with van der Waals surface area (Å²) in [6.07, 6.45) is -15.5. The van der Waals surface area contributed by atoms with Crippen LogP contribution in [0.2, 0.25) is 0 Å². The Morgan fingerprint density at radius 3 is 1.00 bits per heavy atom. The van der Waals surface area contributed by atoms with Gasteiger partial charge < -0.3 is 9.47 Å². The number of carbonyl (C=O) groups is 1. The second kappa shape index (κ2) is 12.7. The Morgan fingerprint density at radius 2 is 0.725 bits per heavy atom. The molecule has 0 aliphatic carbocycles. The molecule has 1 aromatic carbocycles. The highest BCUT2D eigenvalue weighted by Crippen LogP contribution is 2.67. The fraction of sp³-hybridized carbons (Fsp3) is 0.696. The van der Waals surface area contributed by atoms with Crippen molar-refractivity contribution in [2.45, 2.75) is 91.8 Å². The van der Waals surface area contributed by atoms with Crippen molar-refractivity contribution in [2.24, 2.45) is 5.92 Å². The number of hydrogen-bond donors (Lipinski definition) is 0. The van der Waals surface area contributed by atoms with Crippen LogP contribution in [0.15, 0.2) is 24.3 Å². The summed E-state index contributed by atoms with van der Waals surface area (Å²) >= 11 is 0. The Kier molecular flexibility index (Phi) is 11.4. The molecule has 1 aromatic rings. The Labute approximate surface area is 264 Å². The van der Waals surface area contributed by atoms with E-state index < -0.39 is 94.9 Å². The molecule has 0 radical (unpaired) electrons. The lowest BCUT2D eigenvalue weighted by Crippen LogP contribution is -2.78. The van der Waals surface area contributed by atoms with Gasteiger partial charge in [-0.25, -0.2) is 0 Å². The molecule has 0 fully saturated rings. The summed E-state index contributed by atoms with van der Waals surface area (Å²) in [4.78, 5) is 11.7. The molecule has 28 heteroatoms. The molecule has 0 bridgehead atoms. The molecule has 0 aliphatic heterocycles. The van der Waals surface area contributed by atoms with Crippen LogP contribution < -0.4 is 9.47 Å². The van der Waals surface area contributed by atoms with E-state index in [0.29, 0.717) is 12.1 Å². The Bertz CT molecular complexity index is 1400. The third kappa shape index (κ3) is 6.42. The van der Waals surface area contributed by atoms with Crippen molar-refractivity contribution >= 4 is 5.97 Å². The maximum Gasteiger partial charge on any atom is 0.471 e. The third-order valence-electron chi connectivity index (χ3n) is 6.57. The fourth-order valence-corrected chi connectivity index (χ4v) is 3.11. The molecule has 1 rings (SSSR count). The number of rotatable bonds is 15. The van der Waals surface area contributed by atoms with Crippen molar-refractivity contribution in [3.05, 3.63) is 24.3 Å². The molecule has 0 aliphatic rings. The van der Waals surface area contributed by atoms with Gasteiger partial charge in [0.25, 0.3) is 0 Å². The molecule has 3 nitrogen and oxygen atoms in total. The molecular formula is C23H13F25O3. The van der Waals surface area contributed by atoms with Gasteiger partial charge in [-0.1, -0.05) is 13.8 Å². The second-order valence-electron chi connectivity index (χ2n) is 10.1. The molecule has 1 atom stereocenters. The molecule has 298 valence electrons. The summed E-state index contributed by atoms with van der Waals surface area (Å²) < 4.78 is 346. The van der Waals surface area contributed by atoms with Crippen LogP contribution in [0.3, 0.4) is 0 Å². The maximum absolute atomic E-state index is 14.1. The molecule has 51 heavy (non-hydrogen) atoms. The smallest absolute Gasteiger partial charge is 0.428 e. The van der Waals surface area contributed by atoms with Gasteiger partial charge in [-0.2, -0.15) is 110 Å². The molecule has 0 aromatic heterocycles. The van der Waals surface area contributed by atoms with Crippen molar-refractivity contribution in [3.63, 3.8) is 0 Å². The highest BCUT2D eigenvalue weighted by atomic mass is 19.4.